The van der Waals surface area contributed by atoms with Crippen molar-refractivity contribution in [2.75, 3.05) is 10.6 Å². The van der Waals surface area contributed by atoms with Gasteiger partial charge in [0.05, 0.1) is 4.47 Å². The van der Waals surface area contributed by atoms with Gasteiger partial charge in [-0.2, -0.15) is 0 Å². The molecule has 0 heterocycles. The molecular weight excluding hydrogens is 396 g/mol. The van der Waals surface area contributed by atoms with Gasteiger partial charge in [0.25, 0.3) is 0 Å². The predicted molar refractivity (Wildman–Crippen MR) is 89.7 cm³/mol. The molecule has 0 atom stereocenters. The lowest BCUT2D eigenvalue weighted by Gasteiger charge is -2.15. The van der Waals surface area contributed by atoms with E-state index in [1.54, 1.807) is 6.07 Å². The Balaban J connectivity index is 2.29. The average Bonchev–Trinajstić information content (AvgIpc) is 2.51. The highest BCUT2D eigenvalue weighted by Crippen LogP contribution is 2.31. The molecule has 0 aliphatic rings. The van der Waals surface area contributed by atoms with Gasteiger partial charge in [-0.25, -0.2) is 17.6 Å². The molecule has 2 rings (SSSR count). The van der Waals surface area contributed by atoms with Crippen LogP contribution in [0.2, 0.25) is 0 Å². The fraction of sp³-hybridized carbons (Fsp3) is 0.133. The van der Waals surface area contributed by atoms with Gasteiger partial charge in [0.15, 0.2) is 28.4 Å². The molecule has 2 aromatic rings. The van der Waals surface area contributed by atoms with Crippen LogP contribution in [0.15, 0.2) is 22.7 Å². The number of hydrogen-bond acceptors (Lipinski definition) is 1. The average molecular weight is 407 g/mol. The molecule has 122 valence electrons. The molecule has 8 heteroatoms. The van der Waals surface area contributed by atoms with Crippen LogP contribution in [0.5, 0.6) is 0 Å². The van der Waals surface area contributed by atoms with Crippen molar-refractivity contribution in [1.29, 1.82) is 0 Å². The Bertz CT molecular complexity index is 767. The summed E-state index contributed by atoms with van der Waals surface area (Å²) in [6, 6.07) is 5.50. The van der Waals surface area contributed by atoms with Crippen molar-refractivity contribution >= 4 is 44.6 Å². The molecule has 23 heavy (non-hydrogen) atoms. The summed E-state index contributed by atoms with van der Waals surface area (Å²) in [5.41, 5.74) is 1.40. The molecule has 0 fully saturated rings. The number of halogens is 5. The highest BCUT2D eigenvalue weighted by atomic mass is 79.9. The first kappa shape index (κ1) is 17.7. The van der Waals surface area contributed by atoms with Crippen LogP contribution in [0.3, 0.4) is 0 Å². The van der Waals surface area contributed by atoms with Gasteiger partial charge in [0.1, 0.15) is 5.69 Å². The van der Waals surface area contributed by atoms with Crippen molar-refractivity contribution in [3.05, 3.63) is 57.1 Å². The Morgan fingerprint density at radius 3 is 2.09 bits per heavy atom. The molecule has 0 saturated carbocycles. The second-order valence-electron chi connectivity index (χ2n) is 4.84. The van der Waals surface area contributed by atoms with Gasteiger partial charge < -0.3 is 10.6 Å². The summed E-state index contributed by atoms with van der Waals surface area (Å²) in [4.78, 5) is 0. The van der Waals surface area contributed by atoms with E-state index in [0.717, 1.165) is 11.1 Å². The number of rotatable bonds is 2. The zero-order chi connectivity index (χ0) is 17.3. The van der Waals surface area contributed by atoms with E-state index >= 15 is 0 Å². The molecule has 0 amide bonds. The monoisotopic (exact) mass is 406 g/mol. The number of aryl methyl sites for hydroxylation is 2. The quantitative estimate of drug-likeness (QED) is 0.301. The summed E-state index contributed by atoms with van der Waals surface area (Å²) in [5.74, 6) is -6.22. The lowest BCUT2D eigenvalue weighted by atomic mass is 10.1. The van der Waals surface area contributed by atoms with Gasteiger partial charge in [-0.15, -0.1) is 0 Å². The molecule has 0 saturated heterocycles. The summed E-state index contributed by atoms with van der Waals surface area (Å²) in [6.45, 7) is 3.67. The van der Waals surface area contributed by atoms with Gasteiger partial charge in [-0.1, -0.05) is 12.1 Å². The van der Waals surface area contributed by atoms with Gasteiger partial charge in [0.2, 0.25) is 0 Å². The lowest BCUT2D eigenvalue weighted by Crippen LogP contribution is -2.22. The van der Waals surface area contributed by atoms with Gasteiger partial charge in [-0.3, -0.25) is 0 Å². The van der Waals surface area contributed by atoms with Crippen LogP contribution in [-0.4, -0.2) is 5.11 Å². The van der Waals surface area contributed by atoms with E-state index in [2.05, 4.69) is 26.6 Å². The minimum atomic E-state index is -1.57. The van der Waals surface area contributed by atoms with E-state index in [4.69, 9.17) is 12.2 Å². The number of thiocarbonyl (C=S) groups is 1. The van der Waals surface area contributed by atoms with Crippen LogP contribution in [0.1, 0.15) is 11.1 Å². The first-order valence-electron chi connectivity index (χ1n) is 6.39. The summed E-state index contributed by atoms with van der Waals surface area (Å²) < 4.78 is 53.6. The third kappa shape index (κ3) is 3.64. The van der Waals surface area contributed by atoms with Gasteiger partial charge in [-0.05, 0) is 59.2 Å². The van der Waals surface area contributed by atoms with Crippen molar-refractivity contribution in [2.45, 2.75) is 13.8 Å². The Morgan fingerprint density at radius 1 is 0.957 bits per heavy atom. The number of hydrogen-bond donors (Lipinski definition) is 2. The van der Waals surface area contributed by atoms with Crippen LogP contribution < -0.4 is 10.6 Å². The Kier molecular flexibility index (Phi) is 5.26. The Morgan fingerprint density at radius 2 is 1.52 bits per heavy atom. The SMILES string of the molecule is Cc1ccc(C)c(NC(=S)Nc2c(F)c(F)c(Br)c(F)c2F)c1. The lowest BCUT2D eigenvalue weighted by molar-refractivity contribution is 0.452. The minimum absolute atomic E-state index is 0.197. The minimum Gasteiger partial charge on any atom is -0.332 e. The molecule has 0 radical (unpaired) electrons. The standard InChI is InChI=1S/C15H11BrF4N2S/c1-6-3-4-7(2)8(5-6)21-15(23)22-14-12(19)10(17)9(16)11(18)13(14)20/h3-5H,1-2H3,(H2,21,22,23). The van der Waals surface area contributed by atoms with Crippen molar-refractivity contribution in [1.82, 2.24) is 0 Å². The summed E-state index contributed by atoms with van der Waals surface area (Å²) >= 11 is 7.39. The molecule has 2 nitrogen and oxygen atoms in total. The second kappa shape index (κ2) is 6.84. The van der Waals surface area contributed by atoms with Gasteiger partial charge in [0, 0.05) is 5.69 Å². The smallest absolute Gasteiger partial charge is 0.186 e. The van der Waals surface area contributed by atoms with Crippen LogP contribution >= 0.6 is 28.1 Å². The van der Waals surface area contributed by atoms with Crippen LogP contribution in [0.25, 0.3) is 0 Å². The number of benzene rings is 2. The maximum atomic E-state index is 13.8. The van der Waals surface area contributed by atoms with Crippen molar-refractivity contribution < 1.29 is 17.6 Å². The van der Waals surface area contributed by atoms with Crippen LogP contribution in [0.4, 0.5) is 28.9 Å². The number of anilines is 2. The highest BCUT2D eigenvalue weighted by molar-refractivity contribution is 9.10. The molecule has 0 aliphatic heterocycles. The third-order valence-corrected chi connectivity index (χ3v) is 3.99. The predicted octanol–water partition coefficient (Wildman–Crippen LogP) is 5.43. The van der Waals surface area contributed by atoms with Crippen LogP contribution in [0, 0.1) is 37.1 Å². The van der Waals surface area contributed by atoms with Gasteiger partial charge >= 0.3 is 0 Å². The molecule has 0 aliphatic carbocycles. The van der Waals surface area contributed by atoms with E-state index in [-0.39, 0.29) is 5.11 Å². The fourth-order valence-corrected chi connectivity index (χ4v) is 2.41. The fourth-order valence-electron chi connectivity index (χ4n) is 1.85. The van der Waals surface area contributed by atoms with Crippen molar-refractivity contribution in [3.63, 3.8) is 0 Å². The maximum Gasteiger partial charge on any atom is 0.186 e. The van der Waals surface area contributed by atoms with Crippen LogP contribution in [-0.2, 0) is 0 Å². The molecular formula is C15H11BrF4N2S. The molecule has 0 spiro atoms. The molecule has 0 bridgehead atoms. The van der Waals surface area contributed by atoms with E-state index in [1.165, 1.54) is 0 Å². The molecule has 2 aromatic carbocycles. The van der Waals surface area contributed by atoms with Crippen molar-refractivity contribution in [3.8, 4) is 0 Å². The van der Waals surface area contributed by atoms with E-state index < -0.39 is 33.4 Å². The second-order valence-corrected chi connectivity index (χ2v) is 6.04. The summed E-state index contributed by atoms with van der Waals surface area (Å²) in [7, 11) is 0. The highest BCUT2D eigenvalue weighted by Gasteiger charge is 2.24. The molecule has 0 aromatic heterocycles. The largest absolute Gasteiger partial charge is 0.332 e. The summed E-state index contributed by atoms with van der Waals surface area (Å²) in [5, 5.41) is 4.69. The zero-order valence-corrected chi connectivity index (χ0v) is 14.4. The Hall–Kier alpha value is -1.67. The van der Waals surface area contributed by atoms with E-state index in [1.807, 2.05) is 26.0 Å². The zero-order valence-electron chi connectivity index (χ0n) is 12.0. The first-order valence-corrected chi connectivity index (χ1v) is 7.59. The van der Waals surface area contributed by atoms with E-state index in [9.17, 15) is 17.6 Å². The first-order chi connectivity index (χ1) is 10.7. The Labute approximate surface area is 144 Å². The molecule has 2 N–H and O–H groups in total. The third-order valence-electron chi connectivity index (χ3n) is 3.09. The van der Waals surface area contributed by atoms with E-state index in [0.29, 0.717) is 5.69 Å². The maximum absolute atomic E-state index is 13.8. The molecule has 0 unspecified atom stereocenters. The summed E-state index contributed by atoms with van der Waals surface area (Å²) in [6.07, 6.45) is 0. The van der Waals surface area contributed by atoms with Crippen molar-refractivity contribution in [2.24, 2.45) is 0 Å². The number of nitrogens with one attached hydrogen (secondary N) is 2. The topological polar surface area (TPSA) is 24.1 Å². The normalized spacial score (nSPS) is 10.6.